The Bertz CT molecular complexity index is 612. The molecule has 1 unspecified atom stereocenters. The van der Waals surface area contributed by atoms with Crippen molar-refractivity contribution in [1.29, 1.82) is 0 Å². The summed E-state index contributed by atoms with van der Waals surface area (Å²) in [5, 5.41) is 0.673. The van der Waals surface area contributed by atoms with Crippen LogP contribution in [-0.2, 0) is 4.79 Å². The maximum atomic E-state index is 11.7. The van der Waals surface area contributed by atoms with Crippen molar-refractivity contribution >= 4 is 17.5 Å². The number of aryl methyl sites for hydroxylation is 1. The molecule has 1 aliphatic carbocycles. The third-order valence-corrected chi connectivity index (χ3v) is 3.66. The molecule has 0 radical (unpaired) electrons. The molecule has 18 heavy (non-hydrogen) atoms. The first-order valence-corrected chi connectivity index (χ1v) is 6.15. The van der Waals surface area contributed by atoms with Gasteiger partial charge in [0, 0.05) is 5.02 Å². The van der Waals surface area contributed by atoms with Crippen LogP contribution in [0.15, 0.2) is 36.4 Å². The highest BCUT2D eigenvalue weighted by Crippen LogP contribution is 2.45. The second-order valence-electron chi connectivity index (χ2n) is 4.66. The van der Waals surface area contributed by atoms with E-state index in [-0.39, 0.29) is 11.8 Å². The monoisotopic (exact) mass is 257 g/mol. The van der Waals surface area contributed by atoms with Crippen LogP contribution in [0.25, 0.3) is 11.1 Å². The Labute approximate surface area is 110 Å². The second-order valence-corrected chi connectivity index (χ2v) is 5.09. The number of carbonyl (C=O) groups excluding carboxylic acids is 1. The Hall–Kier alpha value is -1.80. The van der Waals surface area contributed by atoms with E-state index in [1.54, 1.807) is 6.07 Å². The minimum Gasteiger partial charge on any atom is -0.369 e. The SMILES string of the molecule is Cc1ccc2c(c1)-c1cc(Cl)ccc1C2C(N)=O. The smallest absolute Gasteiger partial charge is 0.229 e. The highest BCUT2D eigenvalue weighted by Gasteiger charge is 2.32. The van der Waals surface area contributed by atoms with Gasteiger partial charge in [0.25, 0.3) is 0 Å². The highest BCUT2D eigenvalue weighted by molar-refractivity contribution is 6.31. The summed E-state index contributed by atoms with van der Waals surface area (Å²) < 4.78 is 0. The third-order valence-electron chi connectivity index (χ3n) is 3.42. The standard InChI is InChI=1S/C15H12ClNO/c1-8-2-4-10-12(6-8)13-7-9(16)3-5-11(13)14(10)15(17)18/h2-7,14H,1H3,(H2,17,18). The minimum atomic E-state index is -0.354. The van der Waals surface area contributed by atoms with Gasteiger partial charge in [-0.2, -0.15) is 0 Å². The van der Waals surface area contributed by atoms with Gasteiger partial charge in [0.2, 0.25) is 5.91 Å². The van der Waals surface area contributed by atoms with Crippen LogP contribution < -0.4 is 5.73 Å². The van der Waals surface area contributed by atoms with Crippen molar-refractivity contribution in [1.82, 2.24) is 0 Å². The number of halogens is 1. The molecule has 2 aromatic rings. The Balaban J connectivity index is 2.34. The van der Waals surface area contributed by atoms with Crippen molar-refractivity contribution in [2.45, 2.75) is 12.8 Å². The summed E-state index contributed by atoms with van der Waals surface area (Å²) in [6.07, 6.45) is 0. The van der Waals surface area contributed by atoms with Crippen molar-refractivity contribution in [3.05, 3.63) is 58.1 Å². The zero-order chi connectivity index (χ0) is 12.9. The second kappa shape index (κ2) is 3.85. The molecular weight excluding hydrogens is 246 g/mol. The third kappa shape index (κ3) is 1.53. The van der Waals surface area contributed by atoms with Crippen LogP contribution in [0.1, 0.15) is 22.6 Å². The quantitative estimate of drug-likeness (QED) is 0.837. The predicted octanol–water partition coefficient (Wildman–Crippen LogP) is 3.25. The summed E-state index contributed by atoms with van der Waals surface area (Å²) in [7, 11) is 0. The molecule has 3 rings (SSSR count). The fourth-order valence-electron chi connectivity index (χ4n) is 2.64. The maximum Gasteiger partial charge on any atom is 0.229 e. The summed E-state index contributed by atoms with van der Waals surface area (Å²) in [5.41, 5.74) is 10.7. The van der Waals surface area contributed by atoms with E-state index >= 15 is 0 Å². The lowest BCUT2D eigenvalue weighted by atomic mass is 9.96. The van der Waals surface area contributed by atoms with Gasteiger partial charge < -0.3 is 5.73 Å². The number of amides is 1. The van der Waals surface area contributed by atoms with Gasteiger partial charge in [-0.15, -0.1) is 0 Å². The molecule has 2 aromatic carbocycles. The zero-order valence-electron chi connectivity index (χ0n) is 9.91. The van der Waals surface area contributed by atoms with Gasteiger partial charge in [0.1, 0.15) is 0 Å². The molecule has 0 bridgehead atoms. The first-order chi connectivity index (χ1) is 8.58. The number of rotatable bonds is 1. The average molecular weight is 258 g/mol. The van der Waals surface area contributed by atoms with Gasteiger partial charge in [-0.05, 0) is 41.3 Å². The summed E-state index contributed by atoms with van der Waals surface area (Å²) >= 11 is 6.04. The van der Waals surface area contributed by atoms with Gasteiger partial charge in [-0.1, -0.05) is 41.4 Å². The number of primary amides is 1. The molecule has 0 spiro atoms. The molecule has 0 heterocycles. The van der Waals surface area contributed by atoms with Crippen molar-refractivity contribution in [2.75, 3.05) is 0 Å². The zero-order valence-corrected chi connectivity index (χ0v) is 10.7. The van der Waals surface area contributed by atoms with Crippen molar-refractivity contribution in [2.24, 2.45) is 5.73 Å². The molecule has 0 saturated carbocycles. The topological polar surface area (TPSA) is 43.1 Å². The first-order valence-electron chi connectivity index (χ1n) is 5.77. The lowest BCUT2D eigenvalue weighted by molar-refractivity contribution is -0.118. The van der Waals surface area contributed by atoms with E-state index < -0.39 is 0 Å². The van der Waals surface area contributed by atoms with Crippen LogP contribution in [0.5, 0.6) is 0 Å². The molecule has 2 nitrogen and oxygen atoms in total. The molecule has 3 heteroatoms. The average Bonchev–Trinajstić information content (AvgIpc) is 2.62. The summed E-state index contributed by atoms with van der Waals surface area (Å²) in [4.78, 5) is 11.7. The molecule has 0 aromatic heterocycles. The van der Waals surface area contributed by atoms with E-state index in [1.165, 1.54) is 0 Å². The van der Waals surface area contributed by atoms with E-state index in [2.05, 4.69) is 6.07 Å². The van der Waals surface area contributed by atoms with Crippen LogP contribution in [-0.4, -0.2) is 5.91 Å². The summed E-state index contributed by atoms with van der Waals surface area (Å²) in [6, 6.07) is 11.7. The van der Waals surface area contributed by atoms with Gasteiger partial charge in [-0.3, -0.25) is 4.79 Å². The molecule has 1 atom stereocenters. The van der Waals surface area contributed by atoms with Crippen molar-refractivity contribution in [3.8, 4) is 11.1 Å². The molecule has 1 amide bonds. The number of fused-ring (bicyclic) bond motifs is 3. The number of benzene rings is 2. The number of nitrogens with two attached hydrogens (primary N) is 1. The Morgan fingerprint density at radius 2 is 1.72 bits per heavy atom. The summed E-state index contributed by atoms with van der Waals surface area (Å²) in [6.45, 7) is 2.03. The molecule has 0 saturated heterocycles. The van der Waals surface area contributed by atoms with Crippen LogP contribution in [0.2, 0.25) is 5.02 Å². The van der Waals surface area contributed by atoms with Crippen LogP contribution in [0.3, 0.4) is 0 Å². The number of carbonyl (C=O) groups is 1. The minimum absolute atomic E-state index is 0.318. The van der Waals surface area contributed by atoms with Crippen LogP contribution in [0, 0.1) is 6.92 Å². The largest absolute Gasteiger partial charge is 0.369 e. The van der Waals surface area contributed by atoms with Crippen LogP contribution >= 0.6 is 11.6 Å². The normalized spacial score (nSPS) is 16.2. The summed E-state index contributed by atoms with van der Waals surface area (Å²) in [5.74, 6) is -0.672. The lowest BCUT2D eigenvalue weighted by Crippen LogP contribution is -2.20. The molecule has 90 valence electrons. The van der Waals surface area contributed by atoms with E-state index in [1.807, 2.05) is 31.2 Å². The van der Waals surface area contributed by atoms with Gasteiger partial charge in [-0.25, -0.2) is 0 Å². The van der Waals surface area contributed by atoms with E-state index in [4.69, 9.17) is 17.3 Å². The van der Waals surface area contributed by atoms with Crippen LogP contribution in [0.4, 0.5) is 0 Å². The fourth-order valence-corrected chi connectivity index (χ4v) is 2.81. The van der Waals surface area contributed by atoms with Gasteiger partial charge in [0.15, 0.2) is 0 Å². The Morgan fingerprint density at radius 3 is 2.39 bits per heavy atom. The highest BCUT2D eigenvalue weighted by atomic mass is 35.5. The van der Waals surface area contributed by atoms with E-state index in [0.29, 0.717) is 5.02 Å². The molecular formula is C15H12ClNO. The molecule has 0 fully saturated rings. The van der Waals surface area contributed by atoms with Gasteiger partial charge in [0.05, 0.1) is 5.92 Å². The first kappa shape index (κ1) is 11.3. The van der Waals surface area contributed by atoms with Gasteiger partial charge >= 0.3 is 0 Å². The Kier molecular flexibility index (Phi) is 2.42. The fraction of sp³-hybridized carbons (Fsp3) is 0.133. The van der Waals surface area contributed by atoms with Crippen molar-refractivity contribution in [3.63, 3.8) is 0 Å². The molecule has 1 aliphatic rings. The Morgan fingerprint density at radius 1 is 1.11 bits per heavy atom. The van der Waals surface area contributed by atoms with E-state index in [0.717, 1.165) is 27.8 Å². The van der Waals surface area contributed by atoms with Crippen molar-refractivity contribution < 1.29 is 4.79 Å². The molecule has 2 N–H and O–H groups in total. The number of hydrogen-bond donors (Lipinski definition) is 1. The maximum absolute atomic E-state index is 11.7. The molecule has 0 aliphatic heterocycles. The lowest BCUT2D eigenvalue weighted by Gasteiger charge is -2.08. The van der Waals surface area contributed by atoms with E-state index in [9.17, 15) is 4.79 Å². The number of hydrogen-bond acceptors (Lipinski definition) is 1. The predicted molar refractivity (Wildman–Crippen MR) is 72.7 cm³/mol.